The Kier molecular flexibility index (Phi) is 7.72. The van der Waals surface area contributed by atoms with Gasteiger partial charge in [-0.2, -0.15) is 0 Å². The van der Waals surface area contributed by atoms with Crippen LogP contribution in [-0.2, 0) is 20.9 Å². The van der Waals surface area contributed by atoms with Crippen LogP contribution in [0.3, 0.4) is 0 Å². The van der Waals surface area contributed by atoms with E-state index in [1.165, 1.54) is 0 Å². The molecular formula is C17H24O4. The molecule has 0 amide bonds. The number of rotatable bonds is 8. The SMILES string of the molecule is CC(C)OC(=O)[C@H](O)[C@@H](C)/C=C/COCc1ccccc1. The summed E-state index contributed by atoms with van der Waals surface area (Å²) in [7, 11) is 0. The van der Waals surface area contributed by atoms with Crippen molar-refractivity contribution < 1.29 is 19.4 Å². The Hall–Kier alpha value is -1.65. The topological polar surface area (TPSA) is 55.8 Å². The van der Waals surface area contributed by atoms with Gasteiger partial charge in [-0.1, -0.05) is 49.4 Å². The molecule has 1 aromatic rings. The Labute approximate surface area is 126 Å². The van der Waals surface area contributed by atoms with E-state index in [0.29, 0.717) is 13.2 Å². The van der Waals surface area contributed by atoms with E-state index < -0.39 is 12.1 Å². The first-order valence-corrected chi connectivity index (χ1v) is 7.17. The molecule has 0 aliphatic carbocycles. The van der Waals surface area contributed by atoms with Crippen LogP contribution in [0.4, 0.5) is 0 Å². The second kappa shape index (κ2) is 9.32. The van der Waals surface area contributed by atoms with Crippen LogP contribution in [0.2, 0.25) is 0 Å². The van der Waals surface area contributed by atoms with Gasteiger partial charge in [0.1, 0.15) is 0 Å². The van der Waals surface area contributed by atoms with E-state index in [1.54, 1.807) is 32.9 Å². The molecule has 4 heteroatoms. The second-order valence-corrected chi connectivity index (χ2v) is 5.22. The van der Waals surface area contributed by atoms with Gasteiger partial charge in [0.25, 0.3) is 0 Å². The Morgan fingerprint density at radius 3 is 2.52 bits per heavy atom. The largest absolute Gasteiger partial charge is 0.461 e. The Morgan fingerprint density at radius 2 is 1.90 bits per heavy atom. The molecule has 1 rings (SSSR count). The lowest BCUT2D eigenvalue weighted by atomic mass is 10.0. The van der Waals surface area contributed by atoms with E-state index in [1.807, 2.05) is 30.3 Å². The number of carbonyl (C=O) groups excluding carboxylic acids is 1. The highest BCUT2D eigenvalue weighted by Crippen LogP contribution is 2.08. The predicted molar refractivity (Wildman–Crippen MR) is 81.6 cm³/mol. The summed E-state index contributed by atoms with van der Waals surface area (Å²) in [5.41, 5.74) is 1.11. The monoisotopic (exact) mass is 292 g/mol. The maximum Gasteiger partial charge on any atom is 0.335 e. The van der Waals surface area contributed by atoms with Gasteiger partial charge in [-0.3, -0.25) is 0 Å². The average Bonchev–Trinajstić information content (AvgIpc) is 2.46. The molecule has 116 valence electrons. The molecule has 0 aliphatic heterocycles. The standard InChI is InChI=1S/C17H24O4/c1-13(2)21-17(19)16(18)14(3)8-7-11-20-12-15-9-5-4-6-10-15/h4-10,13-14,16,18H,11-12H2,1-3H3/b8-7+/t14-,16+/m0/s1. The van der Waals surface area contributed by atoms with E-state index in [9.17, 15) is 9.90 Å². The zero-order chi connectivity index (χ0) is 15.7. The van der Waals surface area contributed by atoms with Crippen LogP contribution in [0.15, 0.2) is 42.5 Å². The van der Waals surface area contributed by atoms with E-state index in [-0.39, 0.29) is 12.0 Å². The highest BCUT2D eigenvalue weighted by Gasteiger charge is 2.22. The van der Waals surface area contributed by atoms with Crippen molar-refractivity contribution in [2.75, 3.05) is 6.61 Å². The van der Waals surface area contributed by atoms with Crippen molar-refractivity contribution in [3.8, 4) is 0 Å². The fraction of sp³-hybridized carbons (Fsp3) is 0.471. The lowest BCUT2D eigenvalue weighted by Gasteiger charge is -2.16. The third-order valence-electron chi connectivity index (χ3n) is 2.86. The average molecular weight is 292 g/mol. The first-order chi connectivity index (χ1) is 10.0. The zero-order valence-corrected chi connectivity index (χ0v) is 12.9. The molecular weight excluding hydrogens is 268 g/mol. The molecule has 0 saturated carbocycles. The van der Waals surface area contributed by atoms with E-state index >= 15 is 0 Å². The van der Waals surface area contributed by atoms with Crippen LogP contribution < -0.4 is 0 Å². The van der Waals surface area contributed by atoms with Crippen molar-refractivity contribution >= 4 is 5.97 Å². The summed E-state index contributed by atoms with van der Waals surface area (Å²) in [5.74, 6) is -0.899. The summed E-state index contributed by atoms with van der Waals surface area (Å²) in [5, 5.41) is 9.80. The molecule has 0 fully saturated rings. The van der Waals surface area contributed by atoms with Crippen molar-refractivity contribution in [2.45, 2.75) is 39.6 Å². The van der Waals surface area contributed by atoms with Crippen molar-refractivity contribution in [3.63, 3.8) is 0 Å². The number of carbonyl (C=O) groups is 1. The first kappa shape index (κ1) is 17.4. The molecule has 0 saturated heterocycles. The summed E-state index contributed by atoms with van der Waals surface area (Å²) in [6, 6.07) is 9.89. The number of esters is 1. The van der Waals surface area contributed by atoms with E-state index in [0.717, 1.165) is 5.56 Å². The van der Waals surface area contributed by atoms with E-state index in [4.69, 9.17) is 9.47 Å². The minimum Gasteiger partial charge on any atom is -0.461 e. The van der Waals surface area contributed by atoms with Gasteiger partial charge in [-0.25, -0.2) is 4.79 Å². The molecule has 0 radical (unpaired) electrons. The van der Waals surface area contributed by atoms with Crippen LogP contribution in [0.5, 0.6) is 0 Å². The highest BCUT2D eigenvalue weighted by molar-refractivity contribution is 5.75. The maximum absolute atomic E-state index is 11.5. The zero-order valence-electron chi connectivity index (χ0n) is 12.9. The molecule has 0 heterocycles. The molecule has 21 heavy (non-hydrogen) atoms. The van der Waals surface area contributed by atoms with E-state index in [2.05, 4.69) is 0 Å². The van der Waals surface area contributed by atoms with Gasteiger partial charge < -0.3 is 14.6 Å². The normalized spacial score (nSPS) is 14.3. The summed E-state index contributed by atoms with van der Waals surface area (Å²) in [4.78, 5) is 11.5. The van der Waals surface area contributed by atoms with Crippen LogP contribution in [0.25, 0.3) is 0 Å². The molecule has 0 bridgehead atoms. The van der Waals surface area contributed by atoms with Crippen molar-refractivity contribution in [1.82, 2.24) is 0 Å². The molecule has 1 aromatic carbocycles. The number of ether oxygens (including phenoxy) is 2. The Morgan fingerprint density at radius 1 is 1.24 bits per heavy atom. The number of aliphatic hydroxyl groups excluding tert-OH is 1. The quantitative estimate of drug-likeness (QED) is 0.455. The minimum absolute atomic E-state index is 0.225. The smallest absolute Gasteiger partial charge is 0.335 e. The molecule has 1 N–H and O–H groups in total. The van der Waals surface area contributed by atoms with Crippen molar-refractivity contribution in [3.05, 3.63) is 48.0 Å². The number of benzene rings is 1. The molecule has 0 unspecified atom stereocenters. The third-order valence-corrected chi connectivity index (χ3v) is 2.86. The van der Waals surface area contributed by atoms with Crippen LogP contribution >= 0.6 is 0 Å². The fourth-order valence-corrected chi connectivity index (χ4v) is 1.71. The van der Waals surface area contributed by atoms with Gasteiger partial charge in [0.2, 0.25) is 0 Å². The predicted octanol–water partition coefficient (Wildman–Crippen LogP) is 2.71. The third kappa shape index (κ3) is 7.06. The van der Waals surface area contributed by atoms with Gasteiger partial charge in [-0.05, 0) is 19.4 Å². The second-order valence-electron chi connectivity index (χ2n) is 5.22. The van der Waals surface area contributed by atoms with Gasteiger partial charge in [0.15, 0.2) is 6.10 Å². The van der Waals surface area contributed by atoms with Gasteiger partial charge in [-0.15, -0.1) is 0 Å². The summed E-state index contributed by atoms with van der Waals surface area (Å²) < 4.78 is 10.5. The molecule has 0 aliphatic rings. The molecule has 0 spiro atoms. The van der Waals surface area contributed by atoms with Crippen molar-refractivity contribution in [2.24, 2.45) is 5.92 Å². The van der Waals surface area contributed by atoms with Crippen LogP contribution in [0.1, 0.15) is 26.3 Å². The molecule has 0 aromatic heterocycles. The maximum atomic E-state index is 11.5. The number of hydrogen-bond donors (Lipinski definition) is 1. The number of aliphatic hydroxyl groups is 1. The summed E-state index contributed by atoms with van der Waals surface area (Å²) in [6.45, 7) is 6.24. The minimum atomic E-state index is -1.14. The summed E-state index contributed by atoms with van der Waals surface area (Å²) in [6.07, 6.45) is 2.20. The molecule has 2 atom stereocenters. The lowest BCUT2D eigenvalue weighted by molar-refractivity contribution is -0.159. The Bertz CT molecular complexity index is 439. The lowest BCUT2D eigenvalue weighted by Crippen LogP contribution is -2.30. The highest BCUT2D eigenvalue weighted by atomic mass is 16.6. The summed E-state index contributed by atoms with van der Waals surface area (Å²) >= 11 is 0. The number of hydrogen-bond acceptors (Lipinski definition) is 4. The molecule has 4 nitrogen and oxygen atoms in total. The van der Waals surface area contributed by atoms with Gasteiger partial charge >= 0.3 is 5.97 Å². The Balaban J connectivity index is 2.27. The van der Waals surface area contributed by atoms with Crippen molar-refractivity contribution in [1.29, 1.82) is 0 Å². The van der Waals surface area contributed by atoms with Gasteiger partial charge in [0.05, 0.1) is 19.3 Å². The fourth-order valence-electron chi connectivity index (χ4n) is 1.71. The van der Waals surface area contributed by atoms with Gasteiger partial charge in [0, 0.05) is 5.92 Å². The van der Waals surface area contributed by atoms with Crippen LogP contribution in [-0.4, -0.2) is 29.9 Å². The first-order valence-electron chi connectivity index (χ1n) is 7.17. The van der Waals surface area contributed by atoms with Crippen LogP contribution in [0, 0.1) is 5.92 Å².